The summed E-state index contributed by atoms with van der Waals surface area (Å²) in [4.78, 5) is 2.40. The first kappa shape index (κ1) is 37.4. The number of aryl methyl sites for hydroxylation is 2. The largest absolute Gasteiger partial charge is 0.456 e. The lowest BCUT2D eigenvalue weighted by Gasteiger charge is -2.30. The van der Waals surface area contributed by atoms with Gasteiger partial charge < -0.3 is 14.6 Å². The molecule has 1 N–H and O–H groups in total. The molecular formula is C55H52N2O. The van der Waals surface area contributed by atoms with E-state index in [0.29, 0.717) is 5.92 Å². The number of hydrogen-bond acceptors (Lipinski definition) is 3. The number of rotatable bonds is 10. The molecule has 2 aliphatic rings. The predicted molar refractivity (Wildman–Crippen MR) is 245 cm³/mol. The second-order valence-electron chi connectivity index (χ2n) is 16.3. The maximum atomic E-state index is 6.37. The number of fused-ring (bicyclic) bond motifs is 4. The Morgan fingerprint density at radius 1 is 0.741 bits per heavy atom. The van der Waals surface area contributed by atoms with E-state index < -0.39 is 0 Å². The quantitative estimate of drug-likeness (QED) is 0.151. The van der Waals surface area contributed by atoms with Crippen molar-refractivity contribution in [3.63, 3.8) is 0 Å². The number of nitrogens with zero attached hydrogens (tertiary/aromatic N) is 1. The molecule has 3 atom stereocenters. The Balaban J connectivity index is 0.996. The Morgan fingerprint density at radius 3 is 2.26 bits per heavy atom. The summed E-state index contributed by atoms with van der Waals surface area (Å²) < 4.78 is 6.37. The van der Waals surface area contributed by atoms with Crippen LogP contribution in [0.1, 0.15) is 94.8 Å². The van der Waals surface area contributed by atoms with E-state index >= 15 is 0 Å². The molecule has 1 aliphatic carbocycles. The zero-order chi connectivity index (χ0) is 39.6. The molecule has 1 aliphatic heterocycles. The van der Waals surface area contributed by atoms with Crippen LogP contribution in [0.2, 0.25) is 0 Å². The van der Waals surface area contributed by atoms with Crippen LogP contribution in [0.15, 0.2) is 168 Å². The van der Waals surface area contributed by atoms with Crippen LogP contribution in [0.5, 0.6) is 0 Å². The molecular weight excluding hydrogens is 705 g/mol. The fourth-order valence-corrected chi connectivity index (χ4v) is 9.03. The van der Waals surface area contributed by atoms with Gasteiger partial charge in [0, 0.05) is 47.0 Å². The average molecular weight is 757 g/mol. The smallest absolute Gasteiger partial charge is 0.135 e. The Hall–Kier alpha value is -6.16. The first-order valence-electron chi connectivity index (χ1n) is 20.9. The molecule has 0 amide bonds. The predicted octanol–water partition coefficient (Wildman–Crippen LogP) is 14.6. The summed E-state index contributed by atoms with van der Waals surface area (Å²) in [5, 5.41) is 5.15. The Morgan fingerprint density at radius 2 is 1.47 bits per heavy atom. The number of allylic oxidation sites excluding steroid dienone is 4. The van der Waals surface area contributed by atoms with Gasteiger partial charge in [-0.25, -0.2) is 0 Å². The molecule has 288 valence electrons. The van der Waals surface area contributed by atoms with Gasteiger partial charge in [0.15, 0.2) is 0 Å². The van der Waals surface area contributed by atoms with E-state index in [0.717, 1.165) is 37.2 Å². The normalized spacial score (nSPS) is 17.4. The van der Waals surface area contributed by atoms with E-state index in [1.165, 1.54) is 78.0 Å². The number of benzene rings is 6. The lowest BCUT2D eigenvalue weighted by molar-refractivity contribution is 0.464. The number of para-hydroxylation sites is 1. The van der Waals surface area contributed by atoms with Crippen molar-refractivity contribution in [3.05, 3.63) is 214 Å². The van der Waals surface area contributed by atoms with Crippen molar-refractivity contribution in [1.29, 1.82) is 0 Å². The van der Waals surface area contributed by atoms with Crippen molar-refractivity contribution >= 4 is 34.0 Å². The molecule has 0 saturated carbocycles. The van der Waals surface area contributed by atoms with Gasteiger partial charge in [-0.2, -0.15) is 0 Å². The molecule has 2 heterocycles. The van der Waals surface area contributed by atoms with Gasteiger partial charge in [-0.1, -0.05) is 147 Å². The van der Waals surface area contributed by atoms with Crippen molar-refractivity contribution in [2.24, 2.45) is 0 Å². The van der Waals surface area contributed by atoms with Crippen LogP contribution in [0.4, 0.5) is 11.4 Å². The molecule has 58 heavy (non-hydrogen) atoms. The molecule has 0 saturated heterocycles. The summed E-state index contributed by atoms with van der Waals surface area (Å²) in [5.41, 5.74) is 17.3. The minimum atomic E-state index is 0.212. The Bertz CT molecular complexity index is 2650. The number of nitrogens with one attached hydrogen (secondary N) is 1. The summed E-state index contributed by atoms with van der Waals surface area (Å²) in [7, 11) is 0. The van der Waals surface area contributed by atoms with E-state index in [1.54, 1.807) is 0 Å². The van der Waals surface area contributed by atoms with Crippen molar-refractivity contribution in [2.75, 3.05) is 4.90 Å². The van der Waals surface area contributed by atoms with Crippen LogP contribution in [0.25, 0.3) is 33.7 Å². The van der Waals surface area contributed by atoms with Crippen molar-refractivity contribution < 1.29 is 4.42 Å². The van der Waals surface area contributed by atoms with Crippen LogP contribution in [0.3, 0.4) is 0 Å². The second kappa shape index (κ2) is 16.4. The molecule has 1 aromatic heterocycles. The Labute approximate surface area is 344 Å². The highest BCUT2D eigenvalue weighted by molar-refractivity contribution is 5.91. The summed E-state index contributed by atoms with van der Waals surface area (Å²) in [5.74, 6) is 1.66. The van der Waals surface area contributed by atoms with Gasteiger partial charge in [0.05, 0.1) is 0 Å². The molecule has 3 nitrogen and oxygen atoms in total. The van der Waals surface area contributed by atoms with Gasteiger partial charge in [0.2, 0.25) is 0 Å². The van der Waals surface area contributed by atoms with E-state index in [2.05, 4.69) is 208 Å². The molecule has 0 spiro atoms. The van der Waals surface area contributed by atoms with E-state index in [-0.39, 0.29) is 12.0 Å². The van der Waals surface area contributed by atoms with E-state index in [1.807, 2.05) is 0 Å². The summed E-state index contributed by atoms with van der Waals surface area (Å²) in [6.07, 6.45) is 14.5. The summed E-state index contributed by atoms with van der Waals surface area (Å²) >= 11 is 0. The minimum Gasteiger partial charge on any atom is -0.456 e. The molecule has 0 radical (unpaired) electrons. The summed E-state index contributed by atoms with van der Waals surface area (Å²) in [6.45, 7) is 9.92. The molecule has 0 bridgehead atoms. The molecule has 3 heteroatoms. The fraction of sp³-hybridized carbons (Fsp3) is 0.200. The molecule has 6 aromatic carbocycles. The van der Waals surface area contributed by atoms with Crippen LogP contribution < -0.4 is 10.2 Å². The lowest BCUT2D eigenvalue weighted by Crippen LogP contribution is -2.22. The molecule has 1 unspecified atom stereocenters. The third-order valence-electron chi connectivity index (χ3n) is 12.3. The van der Waals surface area contributed by atoms with Gasteiger partial charge in [0.25, 0.3) is 0 Å². The average Bonchev–Trinajstić information content (AvgIpc) is 3.64. The molecule has 7 aromatic rings. The zero-order valence-electron chi connectivity index (χ0n) is 34.1. The van der Waals surface area contributed by atoms with Gasteiger partial charge in [-0.15, -0.1) is 0 Å². The van der Waals surface area contributed by atoms with E-state index in [9.17, 15) is 0 Å². The first-order chi connectivity index (χ1) is 28.4. The number of furan rings is 1. The highest BCUT2D eigenvalue weighted by Gasteiger charge is 2.22. The van der Waals surface area contributed by atoms with Gasteiger partial charge in [-0.3, -0.25) is 0 Å². The lowest BCUT2D eigenvalue weighted by atomic mass is 9.90. The monoisotopic (exact) mass is 756 g/mol. The van der Waals surface area contributed by atoms with E-state index in [4.69, 9.17) is 4.42 Å². The van der Waals surface area contributed by atoms with Crippen LogP contribution in [-0.2, 0) is 13.0 Å². The number of anilines is 2. The van der Waals surface area contributed by atoms with Crippen LogP contribution in [-0.4, -0.2) is 0 Å². The van der Waals surface area contributed by atoms with Gasteiger partial charge >= 0.3 is 0 Å². The third-order valence-corrected chi connectivity index (χ3v) is 12.3. The maximum Gasteiger partial charge on any atom is 0.135 e. The zero-order valence-corrected chi connectivity index (χ0v) is 34.1. The number of hydrogen-bond donors (Lipinski definition) is 1. The second-order valence-corrected chi connectivity index (χ2v) is 16.3. The topological polar surface area (TPSA) is 28.4 Å². The Kier molecular flexibility index (Phi) is 10.6. The standard InChI is InChI=1S/C55H52N2O/c1-37-31-50(46-27-28-49-48-20-12-14-22-54(48)58-55(49)35-46)40(4)53(32-37)57-30-29-45(33-39(3)47-19-11-13-21-52(47)57)43-25-23-41(24-26-43)36-56-51(44-17-9-6-10-18-44)34-38(2)42-15-7-5-8-16-42/h5-11,13-19,21-33,35,38-39,51,56H,12,20,34,36H2,1-4H3/b30-29-,45-33+/t38-,39?,51+/m0/s1. The fourth-order valence-electron chi connectivity index (χ4n) is 9.03. The van der Waals surface area contributed by atoms with Crippen LogP contribution >= 0.6 is 0 Å². The third kappa shape index (κ3) is 7.63. The minimum absolute atomic E-state index is 0.212. The van der Waals surface area contributed by atoms with Crippen molar-refractivity contribution in [1.82, 2.24) is 5.32 Å². The summed E-state index contributed by atoms with van der Waals surface area (Å²) in [6, 6.07) is 51.4. The van der Waals surface area contributed by atoms with Gasteiger partial charge in [0.1, 0.15) is 11.3 Å². The molecule has 9 rings (SSSR count). The highest BCUT2D eigenvalue weighted by atomic mass is 16.3. The van der Waals surface area contributed by atoms with Crippen molar-refractivity contribution in [2.45, 2.75) is 71.4 Å². The van der Waals surface area contributed by atoms with Gasteiger partial charge in [-0.05, 0) is 125 Å². The highest BCUT2D eigenvalue weighted by Crippen LogP contribution is 2.42. The van der Waals surface area contributed by atoms with Crippen molar-refractivity contribution in [3.8, 4) is 11.1 Å². The maximum absolute atomic E-state index is 6.37. The molecule has 0 fully saturated rings. The van der Waals surface area contributed by atoms with Crippen LogP contribution in [0, 0.1) is 13.8 Å². The first-order valence-corrected chi connectivity index (χ1v) is 20.9. The SMILES string of the molecule is Cc1cc(-c2ccc3c4c(oc3c2)C=CCC4)c(C)c(N2/C=C\C(c3ccc(CN[C@H](C[C@H](C)c4ccccc4)c4ccccc4)cc3)=C/C(C)c3ccccc32)c1.